The van der Waals surface area contributed by atoms with E-state index in [9.17, 15) is 4.79 Å². The van der Waals surface area contributed by atoms with Crippen LogP contribution in [-0.2, 0) is 17.8 Å². The average molecular weight is 300 g/mol. The molecule has 0 unspecified atom stereocenters. The van der Waals surface area contributed by atoms with E-state index in [0.29, 0.717) is 12.1 Å². The summed E-state index contributed by atoms with van der Waals surface area (Å²) in [5.41, 5.74) is 1.82. The second kappa shape index (κ2) is 7.24. The number of ether oxygens (including phenoxy) is 1. The van der Waals surface area contributed by atoms with Gasteiger partial charge < -0.3 is 14.5 Å². The lowest BCUT2D eigenvalue weighted by molar-refractivity contribution is 0.0342. The maximum atomic E-state index is 12.2. The lowest BCUT2D eigenvalue weighted by Gasteiger charge is -2.26. The van der Waals surface area contributed by atoms with Crippen LogP contribution in [0.1, 0.15) is 21.7 Å². The second-order valence-corrected chi connectivity index (χ2v) is 5.35. The summed E-state index contributed by atoms with van der Waals surface area (Å²) in [5, 5.41) is 2.87. The van der Waals surface area contributed by atoms with Crippen LogP contribution in [0.15, 0.2) is 47.1 Å². The molecule has 3 rings (SSSR count). The van der Waals surface area contributed by atoms with E-state index in [4.69, 9.17) is 9.15 Å². The van der Waals surface area contributed by atoms with Crippen LogP contribution in [-0.4, -0.2) is 37.1 Å². The topological polar surface area (TPSA) is 54.7 Å². The number of hydrogen-bond donors (Lipinski definition) is 1. The Morgan fingerprint density at radius 1 is 1.18 bits per heavy atom. The van der Waals surface area contributed by atoms with Gasteiger partial charge in [-0.15, -0.1) is 0 Å². The smallest absolute Gasteiger partial charge is 0.251 e. The molecule has 1 fully saturated rings. The number of furan rings is 1. The molecule has 0 saturated carbocycles. The number of rotatable bonds is 5. The molecule has 1 saturated heterocycles. The minimum absolute atomic E-state index is 0.0831. The number of morpholine rings is 1. The summed E-state index contributed by atoms with van der Waals surface area (Å²) in [5.74, 6) is 0.665. The second-order valence-electron chi connectivity index (χ2n) is 5.35. The predicted molar refractivity (Wildman–Crippen MR) is 82.4 cm³/mol. The van der Waals surface area contributed by atoms with Gasteiger partial charge in [0.15, 0.2) is 0 Å². The van der Waals surface area contributed by atoms with Gasteiger partial charge in [-0.25, -0.2) is 0 Å². The van der Waals surface area contributed by atoms with Gasteiger partial charge in [0.25, 0.3) is 5.91 Å². The third-order valence-corrected chi connectivity index (χ3v) is 3.70. The molecule has 0 atom stereocenters. The van der Waals surface area contributed by atoms with E-state index >= 15 is 0 Å². The fourth-order valence-electron chi connectivity index (χ4n) is 2.51. The van der Waals surface area contributed by atoms with Crippen LogP contribution < -0.4 is 5.32 Å². The first-order chi connectivity index (χ1) is 10.8. The highest BCUT2D eigenvalue weighted by Gasteiger charge is 2.12. The summed E-state index contributed by atoms with van der Waals surface area (Å²) in [4.78, 5) is 14.5. The van der Waals surface area contributed by atoms with E-state index in [1.165, 1.54) is 0 Å². The molecule has 0 aliphatic carbocycles. The zero-order valence-electron chi connectivity index (χ0n) is 12.5. The lowest BCUT2D eigenvalue weighted by atomic mass is 10.1. The number of nitrogens with one attached hydrogen (secondary N) is 1. The highest BCUT2D eigenvalue weighted by molar-refractivity contribution is 5.94. The fraction of sp³-hybridized carbons (Fsp3) is 0.353. The van der Waals surface area contributed by atoms with Gasteiger partial charge in [0.2, 0.25) is 0 Å². The number of nitrogens with zero attached hydrogens (tertiary/aromatic N) is 1. The number of amides is 1. The zero-order valence-corrected chi connectivity index (χ0v) is 12.5. The predicted octanol–water partition coefficient (Wildman–Crippen LogP) is 2.04. The largest absolute Gasteiger partial charge is 0.467 e. The van der Waals surface area contributed by atoms with Crippen molar-refractivity contribution < 1.29 is 13.9 Å². The molecule has 0 bridgehead atoms. The van der Waals surface area contributed by atoms with Crippen molar-refractivity contribution in [2.45, 2.75) is 13.1 Å². The summed E-state index contributed by atoms with van der Waals surface area (Å²) in [6.45, 7) is 4.69. The van der Waals surface area contributed by atoms with Crippen LogP contribution in [0.2, 0.25) is 0 Å². The zero-order chi connectivity index (χ0) is 15.2. The van der Waals surface area contributed by atoms with Crippen LogP contribution in [0.5, 0.6) is 0 Å². The maximum absolute atomic E-state index is 12.2. The van der Waals surface area contributed by atoms with E-state index < -0.39 is 0 Å². The summed E-state index contributed by atoms with van der Waals surface area (Å²) >= 11 is 0. The number of carbonyl (C=O) groups is 1. The molecule has 22 heavy (non-hydrogen) atoms. The molecule has 1 aliphatic heterocycles. The minimum atomic E-state index is -0.0831. The third kappa shape index (κ3) is 3.96. The number of benzene rings is 1. The van der Waals surface area contributed by atoms with Gasteiger partial charge in [0.05, 0.1) is 26.0 Å². The first-order valence-electron chi connectivity index (χ1n) is 7.51. The molecule has 0 radical (unpaired) electrons. The Kier molecular flexibility index (Phi) is 4.88. The quantitative estimate of drug-likeness (QED) is 0.918. The fourth-order valence-corrected chi connectivity index (χ4v) is 2.51. The van der Waals surface area contributed by atoms with Gasteiger partial charge >= 0.3 is 0 Å². The molecule has 1 aromatic carbocycles. The SMILES string of the molecule is O=C(NCc1ccco1)c1cccc(CN2CCOCC2)c1. The molecule has 2 heterocycles. The molecular weight excluding hydrogens is 280 g/mol. The highest BCUT2D eigenvalue weighted by atomic mass is 16.5. The van der Waals surface area contributed by atoms with Crippen LogP contribution >= 0.6 is 0 Å². The van der Waals surface area contributed by atoms with Gasteiger partial charge in [-0.1, -0.05) is 12.1 Å². The van der Waals surface area contributed by atoms with E-state index in [1.54, 1.807) is 6.26 Å². The summed E-state index contributed by atoms with van der Waals surface area (Å²) < 4.78 is 10.6. The molecule has 5 heteroatoms. The maximum Gasteiger partial charge on any atom is 0.251 e. The van der Waals surface area contributed by atoms with Crippen LogP contribution in [0.3, 0.4) is 0 Å². The molecule has 5 nitrogen and oxygen atoms in total. The van der Waals surface area contributed by atoms with Crippen molar-refractivity contribution in [2.24, 2.45) is 0 Å². The monoisotopic (exact) mass is 300 g/mol. The van der Waals surface area contributed by atoms with Gasteiger partial charge in [0, 0.05) is 25.2 Å². The minimum Gasteiger partial charge on any atom is -0.467 e. The number of carbonyl (C=O) groups excluding carboxylic acids is 1. The Labute approximate surface area is 129 Å². The number of hydrogen-bond acceptors (Lipinski definition) is 4. The Morgan fingerprint density at radius 3 is 2.82 bits per heavy atom. The van der Waals surface area contributed by atoms with E-state index in [-0.39, 0.29) is 5.91 Å². The van der Waals surface area contributed by atoms with E-state index in [1.807, 2.05) is 30.3 Å². The molecule has 0 spiro atoms. The lowest BCUT2D eigenvalue weighted by Crippen LogP contribution is -2.35. The molecule has 1 aliphatic rings. The summed E-state index contributed by atoms with van der Waals surface area (Å²) in [6.07, 6.45) is 1.60. The van der Waals surface area contributed by atoms with Crippen molar-refractivity contribution in [2.75, 3.05) is 26.3 Å². The van der Waals surface area contributed by atoms with E-state index in [2.05, 4.69) is 16.3 Å². The van der Waals surface area contributed by atoms with Crippen molar-refractivity contribution >= 4 is 5.91 Å². The molecule has 1 aromatic heterocycles. The first-order valence-corrected chi connectivity index (χ1v) is 7.51. The molecule has 1 amide bonds. The molecular formula is C17H20N2O3. The summed E-state index contributed by atoms with van der Waals surface area (Å²) in [7, 11) is 0. The van der Waals surface area contributed by atoms with E-state index in [0.717, 1.165) is 44.2 Å². The Balaban J connectivity index is 1.58. The molecule has 1 N–H and O–H groups in total. The van der Waals surface area contributed by atoms with Gasteiger partial charge in [-0.05, 0) is 29.8 Å². The normalized spacial score (nSPS) is 15.6. The average Bonchev–Trinajstić information content (AvgIpc) is 3.07. The van der Waals surface area contributed by atoms with Gasteiger partial charge in [-0.3, -0.25) is 9.69 Å². The van der Waals surface area contributed by atoms with Crippen molar-refractivity contribution in [1.82, 2.24) is 10.2 Å². The van der Waals surface area contributed by atoms with Crippen LogP contribution in [0, 0.1) is 0 Å². The molecule has 2 aromatic rings. The van der Waals surface area contributed by atoms with Gasteiger partial charge in [0.1, 0.15) is 5.76 Å². The Bertz CT molecular complexity index is 604. The van der Waals surface area contributed by atoms with Gasteiger partial charge in [-0.2, -0.15) is 0 Å². The standard InChI is InChI=1S/C17H20N2O3/c20-17(18-12-16-5-2-8-22-16)15-4-1-3-14(11-15)13-19-6-9-21-10-7-19/h1-5,8,11H,6-7,9-10,12-13H2,(H,18,20). The van der Waals surface area contributed by atoms with Crippen LogP contribution in [0.25, 0.3) is 0 Å². The van der Waals surface area contributed by atoms with Crippen molar-refractivity contribution in [3.8, 4) is 0 Å². The van der Waals surface area contributed by atoms with Crippen molar-refractivity contribution in [1.29, 1.82) is 0 Å². The summed E-state index contributed by atoms with van der Waals surface area (Å²) in [6, 6.07) is 11.4. The Hall–Kier alpha value is -2.11. The first kappa shape index (κ1) is 14.8. The third-order valence-electron chi connectivity index (χ3n) is 3.70. The van der Waals surface area contributed by atoms with Crippen LogP contribution in [0.4, 0.5) is 0 Å². The molecule has 116 valence electrons. The highest BCUT2D eigenvalue weighted by Crippen LogP contribution is 2.10. The van der Waals surface area contributed by atoms with Crippen molar-refractivity contribution in [3.05, 3.63) is 59.5 Å². The Morgan fingerprint density at radius 2 is 2.05 bits per heavy atom. The van der Waals surface area contributed by atoms with Crippen molar-refractivity contribution in [3.63, 3.8) is 0 Å².